The van der Waals surface area contributed by atoms with Crippen LogP contribution in [0.2, 0.25) is 0 Å². The van der Waals surface area contributed by atoms with E-state index in [2.05, 4.69) is 0 Å². The lowest BCUT2D eigenvalue weighted by Gasteiger charge is -2.19. The van der Waals surface area contributed by atoms with E-state index in [0.29, 0.717) is 25.2 Å². The second-order valence-corrected chi connectivity index (χ2v) is 4.88. The van der Waals surface area contributed by atoms with Crippen LogP contribution in [-0.4, -0.2) is 11.9 Å². The van der Waals surface area contributed by atoms with Crippen molar-refractivity contribution in [3.05, 3.63) is 70.8 Å². The first-order valence-corrected chi connectivity index (χ1v) is 6.49. The third-order valence-electron chi connectivity index (χ3n) is 3.23. The van der Waals surface area contributed by atoms with Gasteiger partial charge in [-0.1, -0.05) is 30.3 Å². The summed E-state index contributed by atoms with van der Waals surface area (Å²) >= 11 is 0. The molecule has 0 heterocycles. The Kier molecular flexibility index (Phi) is 4.82. The molecule has 0 unspecified atom stereocenters. The van der Waals surface area contributed by atoms with Crippen LogP contribution in [0.25, 0.3) is 0 Å². The number of nitrogens with two attached hydrogens (primary N) is 1. The smallest absolute Gasteiger partial charge is 0.130 e. The van der Waals surface area contributed by atoms with Crippen molar-refractivity contribution < 1.29 is 8.78 Å². The highest BCUT2D eigenvalue weighted by molar-refractivity contribution is 5.27. The number of benzene rings is 2. The zero-order valence-electron chi connectivity index (χ0n) is 11.4. The molecule has 0 aromatic heterocycles. The quantitative estimate of drug-likeness (QED) is 0.909. The first-order valence-electron chi connectivity index (χ1n) is 6.49. The Bertz CT molecular complexity index is 584. The van der Waals surface area contributed by atoms with Gasteiger partial charge in [0.15, 0.2) is 0 Å². The van der Waals surface area contributed by atoms with Gasteiger partial charge in [0.2, 0.25) is 0 Å². The predicted octanol–water partition coefficient (Wildman–Crippen LogP) is 3.06. The third kappa shape index (κ3) is 3.62. The summed E-state index contributed by atoms with van der Waals surface area (Å²) in [7, 11) is 1.90. The molecular formula is C16H18F2N2. The molecule has 4 heteroatoms. The topological polar surface area (TPSA) is 29.3 Å². The van der Waals surface area contributed by atoms with Gasteiger partial charge in [0, 0.05) is 31.3 Å². The van der Waals surface area contributed by atoms with Crippen LogP contribution in [0.3, 0.4) is 0 Å². The van der Waals surface area contributed by atoms with Crippen LogP contribution in [0.4, 0.5) is 8.78 Å². The molecule has 0 aliphatic carbocycles. The van der Waals surface area contributed by atoms with Gasteiger partial charge in [-0.3, -0.25) is 4.90 Å². The molecule has 106 valence electrons. The van der Waals surface area contributed by atoms with Gasteiger partial charge in [-0.25, -0.2) is 8.78 Å². The van der Waals surface area contributed by atoms with Crippen molar-refractivity contribution >= 4 is 0 Å². The van der Waals surface area contributed by atoms with E-state index in [1.165, 1.54) is 12.1 Å². The SMILES string of the molecule is CN(Cc1ccc(F)cc1F)Cc1ccccc1CN. The summed E-state index contributed by atoms with van der Waals surface area (Å²) in [5, 5.41) is 0. The molecule has 0 fully saturated rings. The van der Waals surface area contributed by atoms with Crippen LogP contribution in [-0.2, 0) is 19.6 Å². The summed E-state index contributed by atoms with van der Waals surface area (Å²) in [6, 6.07) is 11.6. The summed E-state index contributed by atoms with van der Waals surface area (Å²) < 4.78 is 26.5. The maximum Gasteiger partial charge on any atom is 0.130 e. The molecule has 0 bridgehead atoms. The first-order chi connectivity index (χ1) is 9.60. The lowest BCUT2D eigenvalue weighted by molar-refractivity contribution is 0.312. The maximum absolute atomic E-state index is 13.6. The van der Waals surface area contributed by atoms with Gasteiger partial charge in [-0.15, -0.1) is 0 Å². The van der Waals surface area contributed by atoms with Gasteiger partial charge in [-0.2, -0.15) is 0 Å². The molecule has 2 aromatic rings. The average molecular weight is 276 g/mol. The van der Waals surface area contributed by atoms with Crippen molar-refractivity contribution in [2.45, 2.75) is 19.6 Å². The van der Waals surface area contributed by atoms with Crippen LogP contribution in [0, 0.1) is 11.6 Å². The fraction of sp³-hybridized carbons (Fsp3) is 0.250. The lowest BCUT2D eigenvalue weighted by Crippen LogP contribution is -2.19. The van der Waals surface area contributed by atoms with Crippen molar-refractivity contribution in [2.24, 2.45) is 5.73 Å². The molecule has 0 saturated heterocycles. The molecule has 20 heavy (non-hydrogen) atoms. The van der Waals surface area contributed by atoms with Gasteiger partial charge in [0.05, 0.1) is 0 Å². The van der Waals surface area contributed by atoms with Crippen LogP contribution in [0.1, 0.15) is 16.7 Å². The van der Waals surface area contributed by atoms with Gasteiger partial charge in [0.25, 0.3) is 0 Å². The zero-order valence-corrected chi connectivity index (χ0v) is 11.4. The summed E-state index contributed by atoms with van der Waals surface area (Å²) in [5.74, 6) is -1.06. The van der Waals surface area contributed by atoms with Gasteiger partial charge in [-0.05, 0) is 24.2 Å². The minimum Gasteiger partial charge on any atom is -0.326 e. The molecule has 2 nitrogen and oxygen atoms in total. The van der Waals surface area contributed by atoms with Crippen molar-refractivity contribution in [1.29, 1.82) is 0 Å². The standard InChI is InChI=1S/C16H18F2N2/c1-20(10-13-5-3-2-4-12(13)9-19)11-14-6-7-15(17)8-16(14)18/h2-8H,9-11,19H2,1H3. The number of hydrogen-bond acceptors (Lipinski definition) is 2. The number of halogens is 2. The fourth-order valence-electron chi connectivity index (χ4n) is 2.20. The normalized spacial score (nSPS) is 11.1. The van der Waals surface area contributed by atoms with Crippen LogP contribution >= 0.6 is 0 Å². The van der Waals surface area contributed by atoms with Gasteiger partial charge in [0.1, 0.15) is 11.6 Å². The Labute approximate surface area is 117 Å². The summed E-state index contributed by atoms with van der Waals surface area (Å²) in [4.78, 5) is 1.98. The number of nitrogens with zero attached hydrogens (tertiary/aromatic N) is 1. The minimum atomic E-state index is -0.553. The van der Waals surface area contributed by atoms with E-state index in [1.807, 2.05) is 36.2 Å². The van der Waals surface area contributed by atoms with E-state index in [1.54, 1.807) is 0 Å². The van der Waals surface area contributed by atoms with Gasteiger partial charge >= 0.3 is 0 Å². The lowest BCUT2D eigenvalue weighted by atomic mass is 10.1. The Morgan fingerprint density at radius 2 is 1.60 bits per heavy atom. The Balaban J connectivity index is 2.07. The molecule has 2 aromatic carbocycles. The fourth-order valence-corrected chi connectivity index (χ4v) is 2.20. The highest BCUT2D eigenvalue weighted by atomic mass is 19.1. The van der Waals surface area contributed by atoms with Crippen LogP contribution < -0.4 is 5.73 Å². The van der Waals surface area contributed by atoms with E-state index in [9.17, 15) is 8.78 Å². The summed E-state index contributed by atoms with van der Waals surface area (Å²) in [6.07, 6.45) is 0. The molecule has 2 rings (SSSR count). The molecule has 0 atom stereocenters. The molecule has 0 aliphatic heterocycles. The molecule has 0 saturated carbocycles. The zero-order chi connectivity index (χ0) is 14.5. The van der Waals surface area contributed by atoms with E-state index >= 15 is 0 Å². The van der Waals surface area contributed by atoms with E-state index in [4.69, 9.17) is 5.73 Å². The molecule has 2 N–H and O–H groups in total. The Morgan fingerprint density at radius 1 is 0.950 bits per heavy atom. The predicted molar refractivity (Wildman–Crippen MR) is 75.9 cm³/mol. The number of rotatable bonds is 5. The third-order valence-corrected chi connectivity index (χ3v) is 3.23. The van der Waals surface area contributed by atoms with Crippen molar-refractivity contribution in [1.82, 2.24) is 4.90 Å². The van der Waals surface area contributed by atoms with Crippen LogP contribution in [0.15, 0.2) is 42.5 Å². The Morgan fingerprint density at radius 3 is 2.25 bits per heavy atom. The van der Waals surface area contributed by atoms with Crippen LogP contribution in [0.5, 0.6) is 0 Å². The maximum atomic E-state index is 13.6. The minimum absolute atomic E-state index is 0.422. The van der Waals surface area contributed by atoms with Crippen molar-refractivity contribution in [2.75, 3.05) is 7.05 Å². The largest absolute Gasteiger partial charge is 0.326 e. The molecular weight excluding hydrogens is 258 g/mol. The molecule has 0 amide bonds. The van der Waals surface area contributed by atoms with Crippen molar-refractivity contribution in [3.8, 4) is 0 Å². The number of hydrogen-bond donors (Lipinski definition) is 1. The molecule has 0 aliphatic rings. The monoisotopic (exact) mass is 276 g/mol. The van der Waals surface area contributed by atoms with E-state index in [-0.39, 0.29) is 0 Å². The highest BCUT2D eigenvalue weighted by Crippen LogP contribution is 2.15. The van der Waals surface area contributed by atoms with E-state index in [0.717, 1.165) is 17.2 Å². The average Bonchev–Trinajstić information content (AvgIpc) is 2.42. The molecule has 0 spiro atoms. The molecule has 0 radical (unpaired) electrons. The second-order valence-electron chi connectivity index (χ2n) is 4.88. The van der Waals surface area contributed by atoms with Crippen molar-refractivity contribution in [3.63, 3.8) is 0 Å². The summed E-state index contributed by atoms with van der Waals surface area (Å²) in [6.45, 7) is 1.57. The van der Waals surface area contributed by atoms with E-state index < -0.39 is 11.6 Å². The Hall–Kier alpha value is -1.78. The first kappa shape index (κ1) is 14.6. The second kappa shape index (κ2) is 6.59. The highest BCUT2D eigenvalue weighted by Gasteiger charge is 2.09. The van der Waals surface area contributed by atoms with Gasteiger partial charge < -0.3 is 5.73 Å². The summed E-state index contributed by atoms with van der Waals surface area (Å²) in [5.41, 5.74) is 8.39.